The molecule has 1 atom stereocenters. The summed E-state index contributed by atoms with van der Waals surface area (Å²) in [5, 5.41) is 11.7. The summed E-state index contributed by atoms with van der Waals surface area (Å²) in [6.45, 7) is 8.63. The third-order valence-electron chi connectivity index (χ3n) is 4.10. The number of aliphatic hydroxyl groups excluding tert-OH is 1. The topological polar surface area (TPSA) is 58.6 Å². The average Bonchev–Trinajstić information content (AvgIpc) is 2.41. The van der Waals surface area contributed by atoms with Crippen molar-refractivity contribution in [2.75, 3.05) is 13.2 Å². The second-order valence-corrected chi connectivity index (χ2v) is 7.15. The van der Waals surface area contributed by atoms with E-state index in [9.17, 15) is 4.79 Å². The van der Waals surface area contributed by atoms with Gasteiger partial charge in [0.15, 0.2) is 0 Å². The molecule has 1 fully saturated rings. The van der Waals surface area contributed by atoms with E-state index >= 15 is 0 Å². The van der Waals surface area contributed by atoms with Gasteiger partial charge in [-0.25, -0.2) is 4.79 Å². The predicted octanol–water partition coefficient (Wildman–Crippen LogP) is 3.50. The highest BCUT2D eigenvalue weighted by Gasteiger charge is 2.25. The first kappa shape index (κ1) is 18.0. The van der Waals surface area contributed by atoms with Crippen molar-refractivity contribution in [2.45, 2.75) is 59.0 Å². The number of aliphatic hydroxyl groups is 1. The number of nitrogens with one attached hydrogen (secondary N) is 1. The molecule has 1 amide bonds. The van der Waals surface area contributed by atoms with Crippen LogP contribution < -0.4 is 5.32 Å². The summed E-state index contributed by atoms with van der Waals surface area (Å²) in [6, 6.07) is 0. The van der Waals surface area contributed by atoms with Crippen LogP contribution in [0.2, 0.25) is 0 Å². The van der Waals surface area contributed by atoms with Gasteiger partial charge in [-0.15, -0.1) is 0 Å². The van der Waals surface area contributed by atoms with Crippen molar-refractivity contribution in [2.24, 2.45) is 17.8 Å². The third kappa shape index (κ3) is 7.51. The van der Waals surface area contributed by atoms with Gasteiger partial charge in [0.25, 0.3) is 0 Å². The summed E-state index contributed by atoms with van der Waals surface area (Å²) in [5.74, 6) is 1.75. The largest absolute Gasteiger partial charge is 0.444 e. The zero-order valence-corrected chi connectivity index (χ0v) is 13.9. The van der Waals surface area contributed by atoms with Gasteiger partial charge in [0.1, 0.15) is 5.60 Å². The van der Waals surface area contributed by atoms with Gasteiger partial charge in [0.2, 0.25) is 0 Å². The fourth-order valence-corrected chi connectivity index (χ4v) is 2.88. The Morgan fingerprint density at radius 3 is 2.48 bits per heavy atom. The number of rotatable bonds is 5. The second-order valence-electron chi connectivity index (χ2n) is 7.15. The Hall–Kier alpha value is -1.03. The molecular formula is C17H31NO3. The molecule has 0 heterocycles. The first-order valence-corrected chi connectivity index (χ1v) is 8.06. The van der Waals surface area contributed by atoms with Crippen LogP contribution >= 0.6 is 0 Å². The lowest BCUT2D eigenvalue weighted by Crippen LogP contribution is -2.36. The van der Waals surface area contributed by atoms with Crippen LogP contribution in [-0.4, -0.2) is 30.0 Å². The quantitative estimate of drug-likeness (QED) is 0.764. The number of hydrogen-bond acceptors (Lipinski definition) is 3. The molecule has 4 heteroatoms. The summed E-state index contributed by atoms with van der Waals surface area (Å²) in [5.41, 5.74) is -0.440. The molecule has 122 valence electrons. The normalized spacial score (nSPS) is 24.8. The molecule has 0 saturated heterocycles. The zero-order chi connectivity index (χ0) is 15.9. The van der Waals surface area contributed by atoms with E-state index < -0.39 is 5.60 Å². The van der Waals surface area contributed by atoms with E-state index in [2.05, 4.69) is 18.3 Å². The van der Waals surface area contributed by atoms with E-state index in [1.54, 1.807) is 0 Å². The highest BCUT2D eigenvalue weighted by Crippen LogP contribution is 2.33. The molecule has 1 aliphatic rings. The first-order valence-electron chi connectivity index (χ1n) is 8.06. The number of carbonyl (C=O) groups is 1. The maximum absolute atomic E-state index is 11.7. The molecule has 0 aromatic rings. The Balaban J connectivity index is 2.26. The van der Waals surface area contributed by atoms with Gasteiger partial charge in [-0.3, -0.25) is 0 Å². The fourth-order valence-electron chi connectivity index (χ4n) is 2.88. The Labute approximate surface area is 129 Å². The maximum atomic E-state index is 11.7. The molecule has 1 rings (SSSR count). The van der Waals surface area contributed by atoms with Crippen LogP contribution in [0.15, 0.2) is 12.2 Å². The molecule has 1 saturated carbocycles. The Kier molecular flexibility index (Phi) is 7.23. The van der Waals surface area contributed by atoms with Crippen LogP contribution in [0.5, 0.6) is 0 Å². The van der Waals surface area contributed by atoms with Gasteiger partial charge >= 0.3 is 6.09 Å². The zero-order valence-electron chi connectivity index (χ0n) is 13.9. The lowest BCUT2D eigenvalue weighted by molar-refractivity contribution is 0.0511. The predicted molar refractivity (Wildman–Crippen MR) is 85.1 cm³/mol. The fraction of sp³-hybridized carbons (Fsp3) is 0.824. The molecule has 0 radical (unpaired) electrons. The summed E-state index contributed by atoms with van der Waals surface area (Å²) in [7, 11) is 0. The molecule has 0 aromatic carbocycles. The summed E-state index contributed by atoms with van der Waals surface area (Å²) in [6.07, 6.45) is 8.40. The first-order chi connectivity index (χ1) is 9.81. The lowest BCUT2D eigenvalue weighted by atomic mass is 9.76. The average molecular weight is 297 g/mol. The van der Waals surface area contributed by atoms with E-state index in [1.807, 2.05) is 26.8 Å². The van der Waals surface area contributed by atoms with Crippen LogP contribution in [-0.2, 0) is 4.74 Å². The molecular weight excluding hydrogens is 266 g/mol. The van der Waals surface area contributed by atoms with Crippen LogP contribution in [0, 0.1) is 17.8 Å². The van der Waals surface area contributed by atoms with Crippen molar-refractivity contribution in [1.82, 2.24) is 5.32 Å². The van der Waals surface area contributed by atoms with Gasteiger partial charge in [-0.2, -0.15) is 0 Å². The van der Waals surface area contributed by atoms with Crippen LogP contribution in [0.25, 0.3) is 0 Å². The van der Waals surface area contributed by atoms with Crippen molar-refractivity contribution >= 4 is 6.09 Å². The number of hydrogen-bond donors (Lipinski definition) is 2. The number of carbonyl (C=O) groups excluding carboxylic acids is 1. The molecule has 4 nitrogen and oxygen atoms in total. The van der Waals surface area contributed by atoms with Crippen LogP contribution in [0.1, 0.15) is 53.4 Å². The van der Waals surface area contributed by atoms with E-state index in [0.29, 0.717) is 24.3 Å². The smallest absolute Gasteiger partial charge is 0.407 e. The van der Waals surface area contributed by atoms with Gasteiger partial charge < -0.3 is 15.2 Å². The minimum Gasteiger partial charge on any atom is -0.444 e. The number of allylic oxidation sites excluding steroid dienone is 1. The van der Waals surface area contributed by atoms with Crippen molar-refractivity contribution < 1.29 is 14.6 Å². The molecule has 0 aromatic heterocycles. The number of amides is 1. The number of ether oxygens (including phenoxy) is 1. The van der Waals surface area contributed by atoms with Crippen molar-refractivity contribution in [3.8, 4) is 0 Å². The van der Waals surface area contributed by atoms with E-state index in [1.165, 1.54) is 25.7 Å². The SMILES string of the molecule is CC(CNC(=O)OC(C)(C)C)C1CCC(/C=C/CO)CC1. The standard InChI is InChI=1S/C17H31NO3/c1-13(12-18-16(20)21-17(2,3)4)15-9-7-14(8-10-15)6-5-11-19/h5-6,13-15,19H,7-12H2,1-4H3,(H,18,20)/b6-5+. The third-order valence-corrected chi connectivity index (χ3v) is 4.10. The Morgan fingerprint density at radius 1 is 1.33 bits per heavy atom. The van der Waals surface area contributed by atoms with Gasteiger partial charge in [-0.05, 0) is 64.2 Å². The highest BCUT2D eigenvalue weighted by molar-refractivity contribution is 5.67. The van der Waals surface area contributed by atoms with Crippen LogP contribution in [0.3, 0.4) is 0 Å². The number of alkyl carbamates (subject to hydrolysis) is 1. The van der Waals surface area contributed by atoms with Crippen LogP contribution in [0.4, 0.5) is 4.79 Å². The minimum absolute atomic E-state index is 0.135. The molecule has 1 aliphatic carbocycles. The van der Waals surface area contributed by atoms with Crippen molar-refractivity contribution in [1.29, 1.82) is 0 Å². The lowest BCUT2D eigenvalue weighted by Gasteiger charge is -2.31. The monoisotopic (exact) mass is 297 g/mol. The highest BCUT2D eigenvalue weighted by atomic mass is 16.6. The molecule has 1 unspecified atom stereocenters. The molecule has 0 spiro atoms. The van der Waals surface area contributed by atoms with E-state index in [4.69, 9.17) is 9.84 Å². The molecule has 21 heavy (non-hydrogen) atoms. The van der Waals surface area contributed by atoms with Gasteiger partial charge in [0.05, 0.1) is 6.61 Å². The Morgan fingerprint density at radius 2 is 1.95 bits per heavy atom. The molecule has 2 N–H and O–H groups in total. The van der Waals surface area contributed by atoms with E-state index in [0.717, 1.165) is 0 Å². The summed E-state index contributed by atoms with van der Waals surface area (Å²) >= 11 is 0. The molecule has 0 bridgehead atoms. The summed E-state index contributed by atoms with van der Waals surface area (Å²) < 4.78 is 5.25. The van der Waals surface area contributed by atoms with Crippen molar-refractivity contribution in [3.63, 3.8) is 0 Å². The Bertz CT molecular complexity index is 338. The van der Waals surface area contributed by atoms with Gasteiger partial charge in [-0.1, -0.05) is 19.1 Å². The van der Waals surface area contributed by atoms with Gasteiger partial charge in [0, 0.05) is 6.54 Å². The maximum Gasteiger partial charge on any atom is 0.407 e. The molecule has 0 aliphatic heterocycles. The summed E-state index contributed by atoms with van der Waals surface area (Å²) in [4.78, 5) is 11.7. The second kappa shape index (κ2) is 8.42. The van der Waals surface area contributed by atoms with E-state index in [-0.39, 0.29) is 12.7 Å². The minimum atomic E-state index is -0.440. The van der Waals surface area contributed by atoms with Crippen molar-refractivity contribution in [3.05, 3.63) is 12.2 Å².